The summed E-state index contributed by atoms with van der Waals surface area (Å²) in [6.45, 7) is 2.19. The van der Waals surface area contributed by atoms with E-state index in [0.29, 0.717) is 0 Å². The van der Waals surface area contributed by atoms with Crippen molar-refractivity contribution in [2.45, 2.75) is 232 Å². The van der Waals surface area contributed by atoms with E-state index in [1.807, 2.05) is 0 Å². The Morgan fingerprint density at radius 1 is 0.369 bits per heavy atom. The predicted octanol–water partition coefficient (Wildman–Crippen LogP) is 11.7. The monoisotopic (exact) mass is 1030 g/mol. The van der Waals surface area contributed by atoms with E-state index in [4.69, 9.17) is 49.4 Å². The van der Waals surface area contributed by atoms with E-state index < -0.39 is 70.4 Å². The van der Waals surface area contributed by atoms with E-state index in [0.717, 1.165) is 197 Å². The van der Waals surface area contributed by atoms with Crippen LogP contribution in [0.2, 0.25) is 38.8 Å². The van der Waals surface area contributed by atoms with Gasteiger partial charge in [-0.05, 0) is 108 Å². The minimum Gasteiger partial charge on any atom is -0.373 e. The normalized spacial score (nSPS) is 46.0. The lowest BCUT2D eigenvalue weighted by Crippen LogP contribution is -2.91. The molecule has 6 heterocycles. The van der Waals surface area contributed by atoms with Crippen molar-refractivity contribution >= 4 is 81.7 Å². The van der Waals surface area contributed by atoms with Gasteiger partial charge in [-0.1, -0.05) is 127 Å². The summed E-state index contributed by atoms with van der Waals surface area (Å²) in [6, 6.07) is 8.80. The summed E-state index contributed by atoms with van der Waals surface area (Å²) < 4.78 is 102. The number of benzene rings is 1. The van der Waals surface area contributed by atoms with Crippen LogP contribution in [-0.4, -0.2) is 70.4 Å². The molecule has 7 saturated carbocycles. The lowest BCUT2D eigenvalue weighted by Gasteiger charge is -2.66. The first-order valence-electron chi connectivity index (χ1n) is 26.9. The Morgan fingerprint density at radius 2 is 0.615 bits per heavy atom. The van der Waals surface area contributed by atoms with Crippen LogP contribution in [0.5, 0.6) is 0 Å². The maximum Gasteiger partial charge on any atom is 0.515 e. The number of rotatable bonds is 10. The third-order valence-electron chi connectivity index (χ3n) is 18.2. The molecule has 0 unspecified atom stereocenters. The summed E-state index contributed by atoms with van der Waals surface area (Å²) in [6.07, 6.45) is 34.3. The zero-order valence-corrected chi connectivity index (χ0v) is 46.9. The summed E-state index contributed by atoms with van der Waals surface area (Å²) >= 11 is 0. The molecule has 0 spiro atoms. The molecule has 6 aliphatic heterocycles. The van der Waals surface area contributed by atoms with Gasteiger partial charge in [0.15, 0.2) is 0 Å². The Kier molecular flexibility index (Phi) is 11.9. The van der Waals surface area contributed by atoms with E-state index >= 15 is 0 Å². The molecule has 6 saturated heterocycles. The van der Waals surface area contributed by atoms with Crippen LogP contribution in [0.15, 0.2) is 30.3 Å². The highest BCUT2D eigenvalue weighted by atomic mass is 28.6. The fourth-order valence-corrected chi connectivity index (χ4v) is 70.5. The van der Waals surface area contributed by atoms with Gasteiger partial charge in [0.2, 0.25) is 0 Å². The molecule has 13 fully saturated rings. The van der Waals surface area contributed by atoms with Crippen LogP contribution in [0.4, 0.5) is 0 Å². The van der Waals surface area contributed by atoms with E-state index in [2.05, 4.69) is 43.3 Å². The van der Waals surface area contributed by atoms with Crippen LogP contribution >= 0.6 is 0 Å². The van der Waals surface area contributed by atoms with E-state index in [-0.39, 0.29) is 38.8 Å². The van der Waals surface area contributed by atoms with Gasteiger partial charge in [-0.25, -0.2) is 0 Å². The van der Waals surface area contributed by atoms with Crippen LogP contribution in [-0.2, 0) is 49.4 Å². The highest BCUT2D eigenvalue weighted by Crippen LogP contribution is 2.66. The molecule has 7 aliphatic carbocycles. The maximum atomic E-state index is 8.53. The summed E-state index contributed by atoms with van der Waals surface area (Å²) in [5.74, 6) is 0. The Hall–Kier alpha value is 0.215. The average Bonchev–Trinajstić information content (AvgIpc) is 4.14. The lowest BCUT2D eigenvalue weighted by molar-refractivity contribution is -0.0427. The van der Waals surface area contributed by atoms with Gasteiger partial charge in [-0.3, -0.25) is 0 Å². The van der Waals surface area contributed by atoms with Crippen molar-refractivity contribution in [3.05, 3.63) is 35.9 Å². The molecule has 0 amide bonds. The van der Waals surface area contributed by atoms with Crippen molar-refractivity contribution in [1.82, 2.24) is 0 Å². The zero-order valence-electron chi connectivity index (χ0n) is 38.9. The minimum atomic E-state index is -4.27. The topological polar surface area (TPSA) is 111 Å². The molecule has 13 aliphatic rings. The summed E-state index contributed by atoms with van der Waals surface area (Å²) in [7, 11) is -32.2. The van der Waals surface area contributed by atoms with Crippen LogP contribution in [0, 0.1) is 0 Å². The van der Waals surface area contributed by atoms with Gasteiger partial charge in [-0.15, -0.1) is 0 Å². The van der Waals surface area contributed by atoms with E-state index in [1.54, 1.807) is 0 Å². The van der Waals surface area contributed by atoms with Crippen LogP contribution < -0.4 is 5.19 Å². The van der Waals surface area contributed by atoms with Crippen LogP contribution in [0.3, 0.4) is 0 Å². The molecule has 0 atom stereocenters. The smallest absolute Gasteiger partial charge is 0.373 e. The SMILES string of the molecule is CCC=Cc1cccc([Si]23O[Si]4(C5CCCC5)O[Si]5(C6CCCC6)O[Si](C6CCCC6)(O2)O[Si]2(C6CCCC6)O[Si](C6CCCC6)(O3)O[Si](C3CCCC3)(O4)O[Si](C3CCCC3)(O5)O2)c1. The summed E-state index contributed by atoms with van der Waals surface area (Å²) in [5, 5.41) is 0.911. The van der Waals surface area contributed by atoms with E-state index in [9.17, 15) is 0 Å². The highest BCUT2D eigenvalue weighted by molar-refractivity contribution is 7.06. The first kappa shape index (κ1) is 45.1. The molecular weight excluding hydrogens is 957 g/mol. The van der Waals surface area contributed by atoms with Gasteiger partial charge in [0.05, 0.1) is 0 Å². The Bertz CT molecular complexity index is 1760. The first-order chi connectivity index (χ1) is 31.8. The van der Waals surface area contributed by atoms with Crippen molar-refractivity contribution in [3.63, 3.8) is 0 Å². The molecule has 20 heteroatoms. The van der Waals surface area contributed by atoms with Crippen LogP contribution in [0.25, 0.3) is 6.08 Å². The molecule has 12 nitrogen and oxygen atoms in total. The second-order valence-corrected chi connectivity index (χ2v) is 48.0. The second-order valence-electron chi connectivity index (χ2n) is 22.3. The fraction of sp³-hybridized carbons (Fsp3) is 0.822. The molecule has 0 radical (unpaired) electrons. The maximum absolute atomic E-state index is 8.53. The molecule has 0 N–H and O–H groups in total. The number of hydrogen-bond acceptors (Lipinski definition) is 12. The van der Waals surface area contributed by atoms with Gasteiger partial charge >= 0.3 is 70.4 Å². The molecule has 1 aromatic rings. The van der Waals surface area contributed by atoms with Gasteiger partial charge in [0.25, 0.3) is 0 Å². The fourth-order valence-electron chi connectivity index (χ4n) is 14.8. The van der Waals surface area contributed by atoms with Crippen molar-refractivity contribution in [2.75, 3.05) is 0 Å². The standard InChI is InChI=1S/C45H74O12Si8/c1-2-3-19-37-20-18-35-45(36-37)65-55-62(42-29-12-13-30-42)49-59(39-23-6-7-24-39)46-58(38-21-4-5-22-38)47-60(51-62,40-25-8-9-26-40)53-64(57-65,44-33-16-17-34-44)54-61(48-58,41-27-10-11-28-41)52-63(50-59,56-65)43-31-14-15-32-43/h3,18-20,35-36,38-44H,2,4-17,21-34H2,1H3. The zero-order chi connectivity index (χ0) is 43.4. The van der Waals surface area contributed by atoms with Crippen LogP contribution in [0.1, 0.15) is 199 Å². The van der Waals surface area contributed by atoms with E-state index in [1.165, 1.54) is 0 Å². The average molecular weight is 1030 g/mol. The van der Waals surface area contributed by atoms with Gasteiger partial charge in [0.1, 0.15) is 0 Å². The third-order valence-corrected chi connectivity index (χ3v) is 57.3. The summed E-state index contributed by atoms with van der Waals surface area (Å²) in [4.78, 5) is 0. The largest absolute Gasteiger partial charge is 0.515 e. The lowest BCUT2D eigenvalue weighted by atomic mass is 10.2. The highest BCUT2D eigenvalue weighted by Gasteiger charge is 2.88. The van der Waals surface area contributed by atoms with Gasteiger partial charge < -0.3 is 49.4 Å². The van der Waals surface area contributed by atoms with Crippen molar-refractivity contribution in [2.24, 2.45) is 0 Å². The van der Waals surface area contributed by atoms with Crippen molar-refractivity contribution in [1.29, 1.82) is 0 Å². The molecule has 14 rings (SSSR count). The Balaban J connectivity index is 1.15. The molecule has 358 valence electrons. The van der Waals surface area contributed by atoms with Gasteiger partial charge in [0, 0.05) is 44.0 Å². The summed E-state index contributed by atoms with van der Waals surface area (Å²) in [5.41, 5.74) is 1.31. The Morgan fingerprint density at radius 3 is 0.862 bits per heavy atom. The quantitative estimate of drug-likeness (QED) is 0.208. The number of allylic oxidation sites excluding steroid dienone is 1. The first-order valence-corrected chi connectivity index (χ1v) is 41.3. The third kappa shape index (κ3) is 7.40. The molecule has 0 aromatic heterocycles. The number of hydrogen-bond donors (Lipinski definition) is 0. The molecular formula is C45H74O12Si8. The van der Waals surface area contributed by atoms with Gasteiger partial charge in [-0.2, -0.15) is 0 Å². The predicted molar refractivity (Wildman–Crippen MR) is 260 cm³/mol. The second kappa shape index (κ2) is 17.2. The molecule has 8 bridgehead atoms. The van der Waals surface area contributed by atoms with Crippen molar-refractivity contribution in [3.8, 4) is 0 Å². The molecule has 1 aromatic carbocycles. The van der Waals surface area contributed by atoms with Crippen molar-refractivity contribution < 1.29 is 49.4 Å². The minimum absolute atomic E-state index is 0.00762. The molecule has 65 heavy (non-hydrogen) atoms. The Labute approximate surface area is 396 Å².